The predicted octanol–water partition coefficient (Wildman–Crippen LogP) is 2.77. The molecule has 1 fully saturated rings. The zero-order chi connectivity index (χ0) is 15.8. The Morgan fingerprint density at radius 2 is 1.90 bits per heavy atom. The summed E-state index contributed by atoms with van der Waals surface area (Å²) in [7, 11) is -3.89. The minimum absolute atomic E-state index is 0.0237. The summed E-state index contributed by atoms with van der Waals surface area (Å²) in [5.74, 6) is -0.834. The molecule has 0 N–H and O–H groups in total. The summed E-state index contributed by atoms with van der Waals surface area (Å²) >= 11 is 12.2. The molecule has 1 amide bonds. The van der Waals surface area contributed by atoms with Crippen LogP contribution < -0.4 is 0 Å². The van der Waals surface area contributed by atoms with Gasteiger partial charge in [-0.3, -0.25) is 4.79 Å². The number of carbonyl (C=O) groups excluding carboxylic acids is 1. The lowest BCUT2D eigenvalue weighted by atomic mass is 9.94. The second-order valence-electron chi connectivity index (χ2n) is 5.22. The van der Waals surface area contributed by atoms with Crippen LogP contribution in [0, 0.1) is 12.8 Å². The summed E-state index contributed by atoms with van der Waals surface area (Å²) in [5, 5.41) is 0. The van der Waals surface area contributed by atoms with E-state index in [1.54, 1.807) is 19.1 Å². The highest BCUT2D eigenvalue weighted by Gasteiger charge is 2.54. The Bertz CT molecular complexity index is 645. The van der Waals surface area contributed by atoms with E-state index in [2.05, 4.69) is 0 Å². The van der Waals surface area contributed by atoms with Crippen molar-refractivity contribution >= 4 is 39.1 Å². The third kappa shape index (κ3) is 2.67. The van der Waals surface area contributed by atoms with E-state index in [4.69, 9.17) is 23.2 Å². The first-order valence-electron chi connectivity index (χ1n) is 6.66. The van der Waals surface area contributed by atoms with Crippen molar-refractivity contribution in [3.8, 4) is 0 Å². The number of halogens is 2. The molecule has 7 heteroatoms. The molecule has 0 bridgehead atoms. The van der Waals surface area contributed by atoms with Crippen LogP contribution >= 0.6 is 23.2 Å². The maximum Gasteiger partial charge on any atom is 0.266 e. The smallest absolute Gasteiger partial charge is 0.266 e. The molecule has 2 atom stereocenters. The molecular formula is C14H17Cl2NO3S. The number of benzene rings is 1. The second kappa shape index (κ2) is 5.78. The van der Waals surface area contributed by atoms with E-state index < -0.39 is 26.7 Å². The van der Waals surface area contributed by atoms with Crippen molar-refractivity contribution in [3.63, 3.8) is 0 Å². The Hall–Kier alpha value is -0.780. The minimum Gasteiger partial charge on any atom is -0.272 e. The van der Waals surface area contributed by atoms with E-state index in [-0.39, 0.29) is 17.3 Å². The fourth-order valence-electron chi connectivity index (χ4n) is 2.47. The van der Waals surface area contributed by atoms with Crippen molar-refractivity contribution in [2.75, 3.05) is 12.4 Å². The van der Waals surface area contributed by atoms with Gasteiger partial charge in [-0.2, -0.15) is 0 Å². The van der Waals surface area contributed by atoms with Crippen LogP contribution in [0.4, 0.5) is 0 Å². The quantitative estimate of drug-likeness (QED) is 0.785. The van der Waals surface area contributed by atoms with Crippen LogP contribution in [0.1, 0.15) is 18.9 Å². The molecule has 1 heterocycles. The number of hydrogen-bond donors (Lipinski definition) is 0. The number of sulfonamides is 1. The third-order valence-corrected chi connectivity index (χ3v) is 6.80. The van der Waals surface area contributed by atoms with E-state index >= 15 is 0 Å². The molecule has 2 rings (SSSR count). The Morgan fingerprint density at radius 1 is 1.33 bits per heavy atom. The highest BCUT2D eigenvalue weighted by molar-refractivity contribution is 7.89. The van der Waals surface area contributed by atoms with Gasteiger partial charge in [0, 0.05) is 18.3 Å². The SMILES string of the molecule is CCC1(Cl)C(=O)N(S(=O)(=O)c2ccc(C)cc2)CC1CCl. The van der Waals surface area contributed by atoms with Crippen LogP contribution in [0.15, 0.2) is 29.2 Å². The zero-order valence-corrected chi connectivity index (χ0v) is 14.2. The van der Waals surface area contributed by atoms with Crippen LogP contribution in [-0.4, -0.2) is 35.9 Å². The molecule has 1 aliphatic rings. The lowest BCUT2D eigenvalue weighted by Crippen LogP contribution is -2.40. The number of aryl methyl sites for hydroxylation is 1. The number of rotatable bonds is 4. The van der Waals surface area contributed by atoms with Crippen molar-refractivity contribution in [2.24, 2.45) is 5.92 Å². The van der Waals surface area contributed by atoms with Crippen molar-refractivity contribution in [3.05, 3.63) is 29.8 Å². The lowest BCUT2D eigenvalue weighted by molar-refractivity contribution is -0.126. The molecule has 0 saturated carbocycles. The first kappa shape index (κ1) is 16.6. The number of alkyl halides is 2. The van der Waals surface area contributed by atoms with E-state index in [0.717, 1.165) is 9.87 Å². The second-order valence-corrected chi connectivity index (χ2v) is 8.07. The van der Waals surface area contributed by atoms with Gasteiger partial charge in [0.2, 0.25) is 0 Å². The first-order valence-corrected chi connectivity index (χ1v) is 9.01. The van der Waals surface area contributed by atoms with Gasteiger partial charge >= 0.3 is 0 Å². The van der Waals surface area contributed by atoms with Crippen LogP contribution in [0.2, 0.25) is 0 Å². The number of nitrogens with zero attached hydrogens (tertiary/aromatic N) is 1. The number of hydrogen-bond acceptors (Lipinski definition) is 3. The fourth-order valence-corrected chi connectivity index (χ4v) is 4.70. The molecule has 116 valence electrons. The summed E-state index contributed by atoms with van der Waals surface area (Å²) in [4.78, 5) is 11.3. The summed E-state index contributed by atoms with van der Waals surface area (Å²) in [6.45, 7) is 3.64. The predicted molar refractivity (Wildman–Crippen MR) is 83.2 cm³/mol. The summed E-state index contributed by atoms with van der Waals surface area (Å²) in [5.41, 5.74) is 0.945. The van der Waals surface area contributed by atoms with E-state index in [0.29, 0.717) is 6.42 Å². The lowest BCUT2D eigenvalue weighted by Gasteiger charge is -2.22. The number of amides is 1. The maximum absolute atomic E-state index is 12.6. The molecule has 1 aromatic carbocycles. The Kier molecular flexibility index (Phi) is 4.57. The van der Waals surface area contributed by atoms with Gasteiger partial charge in [-0.05, 0) is 25.5 Å². The molecule has 0 radical (unpaired) electrons. The third-order valence-electron chi connectivity index (χ3n) is 3.93. The fraction of sp³-hybridized carbons (Fsp3) is 0.500. The van der Waals surface area contributed by atoms with Gasteiger partial charge in [-0.1, -0.05) is 24.6 Å². The van der Waals surface area contributed by atoms with Gasteiger partial charge in [0.05, 0.1) is 4.90 Å². The van der Waals surface area contributed by atoms with E-state index in [9.17, 15) is 13.2 Å². The summed E-state index contributed by atoms with van der Waals surface area (Å²) < 4.78 is 26.1. The standard InChI is InChI=1S/C14H17Cl2NO3S/c1-3-14(16)11(8-15)9-17(13(14)18)21(19,20)12-6-4-10(2)5-7-12/h4-7,11H,3,8-9H2,1-2H3. The topological polar surface area (TPSA) is 54.5 Å². The summed E-state index contributed by atoms with van der Waals surface area (Å²) in [6, 6.07) is 6.38. The Labute approximate surface area is 135 Å². The average molecular weight is 350 g/mol. The molecular weight excluding hydrogens is 333 g/mol. The van der Waals surface area contributed by atoms with Crippen LogP contribution in [0.3, 0.4) is 0 Å². The van der Waals surface area contributed by atoms with Gasteiger partial charge < -0.3 is 0 Å². The normalized spacial score (nSPS) is 26.4. The van der Waals surface area contributed by atoms with Crippen LogP contribution in [0.5, 0.6) is 0 Å². The van der Waals surface area contributed by atoms with Gasteiger partial charge in [0.25, 0.3) is 15.9 Å². The molecule has 0 aromatic heterocycles. The molecule has 2 unspecified atom stereocenters. The minimum atomic E-state index is -3.89. The van der Waals surface area contributed by atoms with Crippen LogP contribution in [0.25, 0.3) is 0 Å². The molecule has 21 heavy (non-hydrogen) atoms. The van der Waals surface area contributed by atoms with Crippen LogP contribution in [-0.2, 0) is 14.8 Å². The zero-order valence-electron chi connectivity index (χ0n) is 11.8. The number of carbonyl (C=O) groups is 1. The first-order chi connectivity index (χ1) is 9.77. The molecule has 4 nitrogen and oxygen atoms in total. The molecule has 0 aliphatic carbocycles. The molecule has 1 aliphatic heterocycles. The maximum atomic E-state index is 12.6. The summed E-state index contributed by atoms with van der Waals surface area (Å²) in [6.07, 6.45) is 0.338. The van der Waals surface area contributed by atoms with Crippen molar-refractivity contribution in [1.82, 2.24) is 4.31 Å². The van der Waals surface area contributed by atoms with Gasteiger partial charge in [-0.25, -0.2) is 12.7 Å². The monoisotopic (exact) mass is 349 g/mol. The van der Waals surface area contributed by atoms with Gasteiger partial charge in [0.1, 0.15) is 4.87 Å². The highest BCUT2D eigenvalue weighted by Crippen LogP contribution is 2.41. The van der Waals surface area contributed by atoms with Crippen molar-refractivity contribution in [2.45, 2.75) is 30.0 Å². The highest BCUT2D eigenvalue weighted by atomic mass is 35.5. The van der Waals surface area contributed by atoms with Crippen molar-refractivity contribution < 1.29 is 13.2 Å². The molecule has 1 saturated heterocycles. The largest absolute Gasteiger partial charge is 0.272 e. The molecule has 0 spiro atoms. The van der Waals surface area contributed by atoms with Gasteiger partial charge in [0.15, 0.2) is 0 Å². The van der Waals surface area contributed by atoms with E-state index in [1.165, 1.54) is 12.1 Å². The van der Waals surface area contributed by atoms with Crippen molar-refractivity contribution in [1.29, 1.82) is 0 Å². The van der Waals surface area contributed by atoms with E-state index in [1.807, 2.05) is 6.92 Å². The Balaban J connectivity index is 2.42. The van der Waals surface area contributed by atoms with Gasteiger partial charge in [-0.15, -0.1) is 23.2 Å². The molecule has 1 aromatic rings. The Morgan fingerprint density at radius 3 is 2.33 bits per heavy atom. The average Bonchev–Trinajstić information content (AvgIpc) is 2.72.